The van der Waals surface area contributed by atoms with Crippen molar-refractivity contribution in [3.05, 3.63) is 59.7 Å². The van der Waals surface area contributed by atoms with E-state index in [9.17, 15) is 14.9 Å². The number of hydrogen-bond acceptors (Lipinski definition) is 5. The van der Waals surface area contributed by atoms with Gasteiger partial charge < -0.3 is 14.8 Å². The number of nitriles is 1. The van der Waals surface area contributed by atoms with Crippen LogP contribution in [0.3, 0.4) is 0 Å². The Hall–Kier alpha value is -2.13. The summed E-state index contributed by atoms with van der Waals surface area (Å²) >= 11 is 4.16. The Morgan fingerprint density at radius 3 is 2.38 bits per heavy atom. The maximum atomic E-state index is 12.6. The summed E-state index contributed by atoms with van der Waals surface area (Å²) in [7, 11) is 1.29. The molecular formula is C21H18I2N2O4. The summed E-state index contributed by atoms with van der Waals surface area (Å²) in [5.41, 5.74) is 3.34. The molecule has 150 valence electrons. The maximum Gasteiger partial charge on any atom is 0.343 e. The van der Waals surface area contributed by atoms with Gasteiger partial charge in [-0.15, -0.1) is 0 Å². The fourth-order valence-electron chi connectivity index (χ4n) is 2.45. The highest BCUT2D eigenvalue weighted by atomic mass is 127. The Morgan fingerprint density at radius 2 is 1.83 bits per heavy atom. The van der Waals surface area contributed by atoms with Crippen LogP contribution in [-0.2, 0) is 14.3 Å². The number of benzene rings is 2. The number of nitrogens with one attached hydrogen (secondary N) is 1. The van der Waals surface area contributed by atoms with Crippen LogP contribution in [0.1, 0.15) is 16.7 Å². The van der Waals surface area contributed by atoms with E-state index >= 15 is 0 Å². The number of ether oxygens (including phenoxy) is 2. The van der Waals surface area contributed by atoms with Gasteiger partial charge in [-0.25, -0.2) is 4.79 Å². The second-order valence-electron chi connectivity index (χ2n) is 6.12. The standard InChI is InChI=1S/C21H18I2N2O4/c1-12-4-5-18(13(2)6-12)25-21(27)15(10-24)7-14-8-16(22)20(17(23)9-14)29-11-19(26)28-3/h4-9H,11H2,1-3H3,(H,25,27)/b15-7+. The number of methoxy groups -OCH3 is 1. The van der Waals surface area contributed by atoms with Crippen molar-refractivity contribution in [1.82, 2.24) is 0 Å². The van der Waals surface area contributed by atoms with E-state index in [0.717, 1.165) is 18.3 Å². The molecule has 2 aromatic carbocycles. The number of nitrogens with zero attached hydrogens (tertiary/aromatic N) is 1. The van der Waals surface area contributed by atoms with Gasteiger partial charge in [0, 0.05) is 5.69 Å². The number of esters is 1. The van der Waals surface area contributed by atoms with Crippen LogP contribution in [0.4, 0.5) is 5.69 Å². The van der Waals surface area contributed by atoms with E-state index in [-0.39, 0.29) is 12.2 Å². The molecule has 0 unspecified atom stereocenters. The number of carbonyl (C=O) groups excluding carboxylic acids is 2. The molecule has 1 amide bonds. The van der Waals surface area contributed by atoms with Crippen molar-refractivity contribution in [3.63, 3.8) is 0 Å². The molecule has 2 aromatic rings. The highest BCUT2D eigenvalue weighted by Crippen LogP contribution is 2.30. The first-order valence-corrected chi connectivity index (χ1v) is 10.6. The molecule has 0 saturated carbocycles. The lowest BCUT2D eigenvalue weighted by Crippen LogP contribution is -2.14. The van der Waals surface area contributed by atoms with Crippen molar-refractivity contribution in [1.29, 1.82) is 5.26 Å². The van der Waals surface area contributed by atoms with Crippen molar-refractivity contribution in [2.24, 2.45) is 0 Å². The predicted octanol–water partition coefficient (Wildman–Crippen LogP) is 4.61. The number of aryl methyl sites for hydroxylation is 2. The molecule has 0 atom stereocenters. The summed E-state index contributed by atoms with van der Waals surface area (Å²) in [5, 5.41) is 12.2. The monoisotopic (exact) mass is 616 g/mol. The summed E-state index contributed by atoms with van der Waals surface area (Å²) < 4.78 is 11.6. The minimum atomic E-state index is -0.476. The van der Waals surface area contributed by atoms with Gasteiger partial charge in [-0.1, -0.05) is 17.7 Å². The van der Waals surface area contributed by atoms with E-state index in [4.69, 9.17) is 4.74 Å². The van der Waals surface area contributed by atoms with Crippen molar-refractivity contribution < 1.29 is 19.1 Å². The van der Waals surface area contributed by atoms with Crippen molar-refractivity contribution >= 4 is 68.8 Å². The number of rotatable bonds is 6. The predicted molar refractivity (Wildman–Crippen MR) is 128 cm³/mol. The van der Waals surface area contributed by atoms with Crippen LogP contribution < -0.4 is 10.1 Å². The summed E-state index contributed by atoms with van der Waals surface area (Å²) in [6.07, 6.45) is 1.52. The Bertz CT molecular complexity index is 1000. The number of hydrogen-bond donors (Lipinski definition) is 1. The second-order valence-corrected chi connectivity index (χ2v) is 8.45. The van der Waals surface area contributed by atoms with Gasteiger partial charge >= 0.3 is 5.97 Å². The minimum absolute atomic E-state index is 0.0141. The van der Waals surface area contributed by atoms with Crippen LogP contribution in [0.2, 0.25) is 0 Å². The van der Waals surface area contributed by atoms with Crippen molar-refractivity contribution in [2.75, 3.05) is 19.0 Å². The van der Waals surface area contributed by atoms with Gasteiger partial charge in [0.25, 0.3) is 5.91 Å². The third-order valence-corrected chi connectivity index (χ3v) is 5.49. The molecule has 0 aliphatic rings. The SMILES string of the molecule is COC(=O)COc1c(I)cc(/C=C(\C#N)C(=O)Nc2ccc(C)cc2C)cc1I. The van der Waals surface area contributed by atoms with E-state index in [1.807, 2.05) is 38.1 Å². The van der Waals surface area contributed by atoms with Crippen LogP contribution in [-0.4, -0.2) is 25.6 Å². The first-order valence-electron chi connectivity index (χ1n) is 8.44. The van der Waals surface area contributed by atoms with E-state index in [2.05, 4.69) is 55.2 Å². The summed E-state index contributed by atoms with van der Waals surface area (Å²) in [6, 6.07) is 11.2. The van der Waals surface area contributed by atoms with Crippen LogP contribution in [0.25, 0.3) is 6.08 Å². The summed E-state index contributed by atoms with van der Waals surface area (Å²) in [4.78, 5) is 23.8. The molecule has 1 N–H and O–H groups in total. The topological polar surface area (TPSA) is 88.4 Å². The fourth-order valence-corrected chi connectivity index (χ4v) is 4.58. The summed E-state index contributed by atoms with van der Waals surface area (Å²) in [6.45, 7) is 3.68. The molecule has 0 aliphatic carbocycles. The Balaban J connectivity index is 2.24. The van der Waals surface area contributed by atoms with Crippen molar-refractivity contribution in [3.8, 4) is 11.8 Å². The van der Waals surface area contributed by atoms with E-state index in [0.29, 0.717) is 17.0 Å². The molecular weight excluding hydrogens is 598 g/mol. The minimum Gasteiger partial charge on any atom is -0.480 e. The summed E-state index contributed by atoms with van der Waals surface area (Å²) in [5.74, 6) is -0.405. The third-order valence-electron chi connectivity index (χ3n) is 3.89. The number of halogens is 2. The molecule has 6 nitrogen and oxygen atoms in total. The average Bonchev–Trinajstić information content (AvgIpc) is 2.67. The normalized spacial score (nSPS) is 10.8. The van der Waals surface area contributed by atoms with Crippen LogP contribution in [0.5, 0.6) is 5.75 Å². The van der Waals surface area contributed by atoms with Crippen molar-refractivity contribution in [2.45, 2.75) is 13.8 Å². The average molecular weight is 616 g/mol. The first kappa shape index (κ1) is 23.2. The van der Waals surface area contributed by atoms with Crippen LogP contribution in [0, 0.1) is 32.3 Å². The van der Waals surface area contributed by atoms with Gasteiger partial charge in [-0.2, -0.15) is 5.26 Å². The molecule has 0 radical (unpaired) electrons. The van der Waals surface area contributed by atoms with Gasteiger partial charge in [0.15, 0.2) is 6.61 Å². The second kappa shape index (κ2) is 10.6. The highest BCUT2D eigenvalue weighted by Gasteiger charge is 2.14. The molecule has 0 heterocycles. The Kier molecular flexibility index (Phi) is 8.45. The van der Waals surface area contributed by atoms with Crippen LogP contribution in [0.15, 0.2) is 35.9 Å². The smallest absolute Gasteiger partial charge is 0.343 e. The zero-order chi connectivity index (χ0) is 21.6. The lowest BCUT2D eigenvalue weighted by atomic mass is 10.1. The number of amides is 1. The van der Waals surface area contributed by atoms with E-state index in [1.165, 1.54) is 13.2 Å². The fraction of sp³-hybridized carbons (Fsp3) is 0.190. The van der Waals surface area contributed by atoms with E-state index in [1.54, 1.807) is 12.1 Å². The van der Waals surface area contributed by atoms with Gasteiger partial charge in [0.1, 0.15) is 17.4 Å². The quantitative estimate of drug-likeness (QED) is 0.222. The molecule has 0 spiro atoms. The molecule has 0 fully saturated rings. The van der Waals surface area contributed by atoms with Gasteiger partial charge in [0.2, 0.25) is 0 Å². The third kappa shape index (κ3) is 6.43. The maximum absolute atomic E-state index is 12.6. The van der Waals surface area contributed by atoms with Gasteiger partial charge in [-0.05, 0) is 94.4 Å². The lowest BCUT2D eigenvalue weighted by molar-refractivity contribution is -0.142. The lowest BCUT2D eigenvalue weighted by Gasteiger charge is -2.11. The van der Waals surface area contributed by atoms with Gasteiger partial charge in [0.05, 0.1) is 14.3 Å². The molecule has 0 saturated heterocycles. The molecule has 0 aromatic heterocycles. The Morgan fingerprint density at radius 1 is 1.17 bits per heavy atom. The first-order chi connectivity index (χ1) is 13.7. The molecule has 2 rings (SSSR count). The number of carbonyl (C=O) groups is 2. The zero-order valence-electron chi connectivity index (χ0n) is 16.0. The van der Waals surface area contributed by atoms with Gasteiger partial charge in [-0.3, -0.25) is 4.79 Å². The largest absolute Gasteiger partial charge is 0.480 e. The molecule has 8 heteroatoms. The highest BCUT2D eigenvalue weighted by molar-refractivity contribution is 14.1. The number of anilines is 1. The molecule has 0 aliphatic heterocycles. The zero-order valence-corrected chi connectivity index (χ0v) is 20.3. The molecule has 0 bridgehead atoms. The van der Waals surface area contributed by atoms with Crippen LogP contribution >= 0.6 is 45.2 Å². The Labute approximate surface area is 196 Å². The van der Waals surface area contributed by atoms with E-state index < -0.39 is 11.9 Å². The molecule has 29 heavy (non-hydrogen) atoms.